The predicted octanol–water partition coefficient (Wildman–Crippen LogP) is -0.138. The van der Waals surface area contributed by atoms with Crippen LogP contribution in [0, 0.1) is 17.2 Å². The van der Waals surface area contributed by atoms with Crippen molar-refractivity contribution in [1.82, 2.24) is 0 Å². The quantitative estimate of drug-likeness (QED) is 0.393. The maximum absolute atomic E-state index is 9.74. The van der Waals surface area contributed by atoms with Crippen molar-refractivity contribution in [1.29, 1.82) is 5.26 Å². The maximum atomic E-state index is 9.74. The van der Waals surface area contributed by atoms with E-state index in [1.54, 1.807) is 0 Å². The topological polar surface area (TPSA) is 76.4 Å². The first-order valence-electron chi connectivity index (χ1n) is 3.35. The van der Waals surface area contributed by atoms with Gasteiger partial charge in [0.05, 0.1) is 18.6 Å². The van der Waals surface area contributed by atoms with Crippen LogP contribution in [0.3, 0.4) is 0 Å². The minimum absolute atomic E-state index is 0.0439. The molecule has 0 fully saturated rings. The SMILES string of the molecule is N#C[C@@H](CCOC=O)COC=O. The normalized spacial score (nSPS) is 10.9. The predicted molar refractivity (Wildman–Crippen MR) is 37.8 cm³/mol. The molecule has 0 bridgehead atoms. The molecule has 0 aliphatic rings. The van der Waals surface area contributed by atoms with Crippen molar-refractivity contribution < 1.29 is 19.1 Å². The van der Waals surface area contributed by atoms with Crippen molar-refractivity contribution >= 4 is 12.9 Å². The van der Waals surface area contributed by atoms with Crippen molar-refractivity contribution in [2.75, 3.05) is 13.2 Å². The summed E-state index contributed by atoms with van der Waals surface area (Å²) in [6, 6.07) is 1.92. The highest BCUT2D eigenvalue weighted by molar-refractivity contribution is 5.37. The summed E-state index contributed by atoms with van der Waals surface area (Å²) >= 11 is 0. The van der Waals surface area contributed by atoms with Crippen LogP contribution in [0.25, 0.3) is 0 Å². The summed E-state index contributed by atoms with van der Waals surface area (Å²) in [6.45, 7) is 0.812. The molecule has 0 rings (SSSR count). The Hall–Kier alpha value is -1.57. The summed E-state index contributed by atoms with van der Waals surface area (Å²) in [5.41, 5.74) is 0. The Bertz CT molecular complexity index is 175. The van der Waals surface area contributed by atoms with Crippen LogP contribution in [0.15, 0.2) is 0 Å². The molecule has 5 nitrogen and oxygen atoms in total. The van der Waals surface area contributed by atoms with E-state index < -0.39 is 5.92 Å². The molecule has 66 valence electrons. The monoisotopic (exact) mass is 171 g/mol. The lowest BCUT2D eigenvalue weighted by molar-refractivity contribution is -0.131. The molecule has 0 radical (unpaired) electrons. The van der Waals surface area contributed by atoms with Crippen LogP contribution in [0.1, 0.15) is 6.42 Å². The number of rotatable bonds is 7. The molecule has 0 aromatic carbocycles. The van der Waals surface area contributed by atoms with Crippen LogP contribution in [-0.2, 0) is 19.1 Å². The number of carbonyl (C=O) groups excluding carboxylic acids is 2. The number of hydrogen-bond acceptors (Lipinski definition) is 5. The average molecular weight is 171 g/mol. The van der Waals surface area contributed by atoms with E-state index in [1.165, 1.54) is 0 Å². The molecule has 12 heavy (non-hydrogen) atoms. The molecule has 0 unspecified atom stereocenters. The second kappa shape index (κ2) is 7.54. The summed E-state index contributed by atoms with van der Waals surface area (Å²) in [7, 11) is 0. The zero-order chi connectivity index (χ0) is 9.23. The van der Waals surface area contributed by atoms with Gasteiger partial charge in [-0.15, -0.1) is 0 Å². The number of nitrogens with zero attached hydrogens (tertiary/aromatic N) is 1. The Kier molecular flexibility index (Phi) is 6.55. The van der Waals surface area contributed by atoms with E-state index in [-0.39, 0.29) is 19.7 Å². The summed E-state index contributed by atoms with van der Waals surface area (Å²) in [5.74, 6) is -0.407. The summed E-state index contributed by atoms with van der Waals surface area (Å²) in [4.78, 5) is 19.4. The summed E-state index contributed by atoms with van der Waals surface area (Å²) in [5, 5.41) is 8.46. The van der Waals surface area contributed by atoms with Gasteiger partial charge < -0.3 is 9.47 Å². The zero-order valence-electron chi connectivity index (χ0n) is 6.43. The fraction of sp³-hybridized carbons (Fsp3) is 0.571. The molecule has 0 aromatic rings. The lowest BCUT2D eigenvalue weighted by Gasteiger charge is -2.05. The highest BCUT2D eigenvalue weighted by Gasteiger charge is 2.07. The Morgan fingerprint density at radius 2 is 2.00 bits per heavy atom. The van der Waals surface area contributed by atoms with E-state index in [2.05, 4.69) is 9.47 Å². The van der Waals surface area contributed by atoms with Gasteiger partial charge >= 0.3 is 0 Å². The average Bonchev–Trinajstić information content (AvgIpc) is 2.11. The van der Waals surface area contributed by atoms with Crippen LogP contribution < -0.4 is 0 Å². The van der Waals surface area contributed by atoms with Crippen molar-refractivity contribution in [3.8, 4) is 6.07 Å². The largest absolute Gasteiger partial charge is 0.468 e. The minimum atomic E-state index is -0.407. The van der Waals surface area contributed by atoms with Gasteiger partial charge in [-0.1, -0.05) is 0 Å². The van der Waals surface area contributed by atoms with Gasteiger partial charge in [0.2, 0.25) is 0 Å². The molecule has 5 heteroatoms. The molecule has 0 saturated heterocycles. The van der Waals surface area contributed by atoms with E-state index in [1.807, 2.05) is 6.07 Å². The van der Waals surface area contributed by atoms with Gasteiger partial charge in [-0.2, -0.15) is 5.26 Å². The lowest BCUT2D eigenvalue weighted by atomic mass is 10.1. The Labute approximate surface area is 69.9 Å². The lowest BCUT2D eigenvalue weighted by Crippen LogP contribution is -2.09. The second-order valence-electron chi connectivity index (χ2n) is 2.01. The second-order valence-corrected chi connectivity index (χ2v) is 2.01. The fourth-order valence-electron chi connectivity index (χ4n) is 0.599. The maximum Gasteiger partial charge on any atom is 0.293 e. The van der Waals surface area contributed by atoms with E-state index in [0.717, 1.165) is 0 Å². The molecule has 0 spiro atoms. The van der Waals surface area contributed by atoms with Crippen LogP contribution in [-0.4, -0.2) is 26.2 Å². The third-order valence-corrected chi connectivity index (χ3v) is 1.20. The molecule has 1 atom stereocenters. The van der Waals surface area contributed by atoms with Crippen molar-refractivity contribution in [2.24, 2.45) is 5.92 Å². The molecule has 0 saturated carbocycles. The van der Waals surface area contributed by atoms with E-state index in [0.29, 0.717) is 12.9 Å². The number of ether oxygens (including phenoxy) is 2. The zero-order valence-corrected chi connectivity index (χ0v) is 6.43. The summed E-state index contributed by atoms with van der Waals surface area (Å²) in [6.07, 6.45) is 0.378. The first-order chi connectivity index (χ1) is 5.85. The van der Waals surface area contributed by atoms with E-state index in [9.17, 15) is 9.59 Å². The van der Waals surface area contributed by atoms with Crippen molar-refractivity contribution in [2.45, 2.75) is 6.42 Å². The Morgan fingerprint density at radius 1 is 1.33 bits per heavy atom. The highest BCUT2D eigenvalue weighted by atomic mass is 16.5. The molecule has 0 N–H and O–H groups in total. The summed E-state index contributed by atoms with van der Waals surface area (Å²) < 4.78 is 8.74. The fourth-order valence-corrected chi connectivity index (χ4v) is 0.599. The van der Waals surface area contributed by atoms with Gasteiger partial charge in [0.25, 0.3) is 12.9 Å². The molecule has 0 aliphatic heterocycles. The van der Waals surface area contributed by atoms with Crippen LogP contribution in [0.4, 0.5) is 0 Å². The van der Waals surface area contributed by atoms with E-state index >= 15 is 0 Å². The van der Waals surface area contributed by atoms with Crippen molar-refractivity contribution in [3.63, 3.8) is 0 Å². The van der Waals surface area contributed by atoms with Crippen molar-refractivity contribution in [3.05, 3.63) is 0 Å². The van der Waals surface area contributed by atoms with Gasteiger partial charge in [-0.05, 0) is 0 Å². The minimum Gasteiger partial charge on any atom is -0.468 e. The number of carbonyl (C=O) groups is 2. The smallest absolute Gasteiger partial charge is 0.293 e. The van der Waals surface area contributed by atoms with E-state index in [4.69, 9.17) is 5.26 Å². The first-order valence-corrected chi connectivity index (χ1v) is 3.35. The molecule has 0 amide bonds. The Morgan fingerprint density at radius 3 is 2.50 bits per heavy atom. The third-order valence-electron chi connectivity index (χ3n) is 1.20. The van der Waals surface area contributed by atoms with Gasteiger partial charge in [0.1, 0.15) is 6.61 Å². The highest BCUT2D eigenvalue weighted by Crippen LogP contribution is 2.01. The third kappa shape index (κ3) is 5.23. The van der Waals surface area contributed by atoms with Gasteiger partial charge in [0.15, 0.2) is 0 Å². The first kappa shape index (κ1) is 10.4. The van der Waals surface area contributed by atoms with Crippen LogP contribution >= 0.6 is 0 Å². The van der Waals surface area contributed by atoms with Crippen LogP contribution in [0.5, 0.6) is 0 Å². The Balaban J connectivity index is 3.47. The molecule has 0 heterocycles. The molecule has 0 aromatic heterocycles. The van der Waals surface area contributed by atoms with Crippen LogP contribution in [0.2, 0.25) is 0 Å². The number of hydrogen-bond donors (Lipinski definition) is 0. The molecular formula is C7H9NO4. The number of nitriles is 1. The van der Waals surface area contributed by atoms with Gasteiger partial charge in [-0.25, -0.2) is 0 Å². The molecule has 0 aliphatic carbocycles. The van der Waals surface area contributed by atoms with Gasteiger partial charge in [-0.3, -0.25) is 9.59 Å². The molecular weight excluding hydrogens is 162 g/mol. The standard InChI is InChI=1S/C7H9NO4/c8-3-7(4-12-6-10)1-2-11-5-9/h5-7H,1-2,4H2/t7-/m1/s1. The van der Waals surface area contributed by atoms with Gasteiger partial charge in [0, 0.05) is 6.42 Å².